The van der Waals surface area contributed by atoms with Gasteiger partial charge in [0.05, 0.1) is 6.61 Å². The molecule has 0 radical (unpaired) electrons. The van der Waals surface area contributed by atoms with E-state index in [9.17, 15) is 0 Å². The highest BCUT2D eigenvalue weighted by Gasteiger charge is 2.44. The first kappa shape index (κ1) is 14.9. The topological polar surface area (TPSA) is 38.5 Å². The molecule has 1 heterocycles. The summed E-state index contributed by atoms with van der Waals surface area (Å²) < 4.78 is 5.57. The van der Waals surface area contributed by atoms with Gasteiger partial charge in [-0.15, -0.1) is 0 Å². The maximum absolute atomic E-state index is 6.11. The van der Waals surface area contributed by atoms with Crippen LogP contribution < -0.4 is 5.73 Å². The van der Waals surface area contributed by atoms with Crippen molar-refractivity contribution in [3.63, 3.8) is 0 Å². The van der Waals surface area contributed by atoms with Gasteiger partial charge in [0.25, 0.3) is 0 Å². The van der Waals surface area contributed by atoms with E-state index in [-0.39, 0.29) is 11.0 Å². The average molecular weight is 242 g/mol. The molecule has 0 aromatic heterocycles. The molecule has 3 unspecified atom stereocenters. The summed E-state index contributed by atoms with van der Waals surface area (Å²) in [6.45, 7) is 13.8. The highest BCUT2D eigenvalue weighted by molar-refractivity contribution is 5.00. The largest absolute Gasteiger partial charge is 0.381 e. The molecule has 102 valence electrons. The highest BCUT2D eigenvalue weighted by atomic mass is 16.5. The molecule has 0 saturated carbocycles. The van der Waals surface area contributed by atoms with Crippen molar-refractivity contribution in [3.05, 3.63) is 0 Å². The number of ether oxygens (including phenoxy) is 1. The third-order valence-corrected chi connectivity index (χ3v) is 4.85. The quantitative estimate of drug-likeness (QED) is 0.824. The fourth-order valence-corrected chi connectivity index (χ4v) is 2.85. The molecule has 3 nitrogen and oxygen atoms in total. The van der Waals surface area contributed by atoms with Crippen molar-refractivity contribution >= 4 is 0 Å². The SMILES string of the molecule is CC(N(C)C1(CN)CCOCC1C)C(C)(C)C. The molecule has 3 heteroatoms. The zero-order valence-electron chi connectivity index (χ0n) is 12.4. The second kappa shape index (κ2) is 5.25. The number of rotatable bonds is 3. The van der Waals surface area contributed by atoms with E-state index in [0.717, 1.165) is 19.6 Å². The Bertz CT molecular complexity index is 249. The van der Waals surface area contributed by atoms with Crippen LogP contribution in [0.1, 0.15) is 41.0 Å². The van der Waals surface area contributed by atoms with Gasteiger partial charge >= 0.3 is 0 Å². The summed E-state index contributed by atoms with van der Waals surface area (Å²) in [7, 11) is 2.23. The zero-order chi connectivity index (χ0) is 13.3. The molecular weight excluding hydrogens is 212 g/mol. The van der Waals surface area contributed by atoms with Gasteiger partial charge in [0.2, 0.25) is 0 Å². The number of likely N-dealkylation sites (N-methyl/N-ethyl adjacent to an activating group) is 1. The van der Waals surface area contributed by atoms with E-state index in [1.54, 1.807) is 0 Å². The van der Waals surface area contributed by atoms with Gasteiger partial charge in [-0.1, -0.05) is 27.7 Å². The summed E-state index contributed by atoms with van der Waals surface area (Å²) in [6, 6.07) is 0.506. The van der Waals surface area contributed by atoms with Crippen LogP contribution in [0.15, 0.2) is 0 Å². The fraction of sp³-hybridized carbons (Fsp3) is 1.00. The molecule has 1 aliphatic rings. The first-order chi connectivity index (χ1) is 7.75. The minimum atomic E-state index is 0.102. The second-order valence-electron chi connectivity index (χ2n) is 6.69. The van der Waals surface area contributed by atoms with Crippen molar-refractivity contribution in [2.24, 2.45) is 17.1 Å². The first-order valence-electron chi connectivity index (χ1n) is 6.76. The molecule has 1 fully saturated rings. The van der Waals surface area contributed by atoms with Gasteiger partial charge in [-0.05, 0) is 31.7 Å². The van der Waals surface area contributed by atoms with Crippen LogP contribution in [-0.4, -0.2) is 43.3 Å². The molecule has 1 saturated heterocycles. The van der Waals surface area contributed by atoms with Crippen molar-refractivity contribution in [3.8, 4) is 0 Å². The monoisotopic (exact) mass is 242 g/mol. The van der Waals surface area contributed by atoms with Gasteiger partial charge in [-0.3, -0.25) is 4.90 Å². The summed E-state index contributed by atoms with van der Waals surface area (Å²) in [6.07, 6.45) is 1.04. The molecule has 0 spiro atoms. The molecule has 0 aromatic rings. The van der Waals surface area contributed by atoms with Crippen LogP contribution in [0.2, 0.25) is 0 Å². The van der Waals surface area contributed by atoms with E-state index in [2.05, 4.69) is 46.6 Å². The minimum absolute atomic E-state index is 0.102. The number of hydrogen-bond acceptors (Lipinski definition) is 3. The van der Waals surface area contributed by atoms with Crippen molar-refractivity contribution in [2.75, 3.05) is 26.8 Å². The van der Waals surface area contributed by atoms with Crippen LogP contribution in [0.4, 0.5) is 0 Å². The Kier molecular flexibility index (Phi) is 4.61. The molecule has 2 N–H and O–H groups in total. The Morgan fingerprint density at radius 1 is 1.47 bits per heavy atom. The van der Waals surface area contributed by atoms with Crippen LogP contribution in [0, 0.1) is 11.3 Å². The predicted molar refractivity (Wildman–Crippen MR) is 73.1 cm³/mol. The average Bonchev–Trinajstić information content (AvgIpc) is 2.27. The molecule has 1 aliphatic heterocycles. The van der Waals surface area contributed by atoms with Crippen LogP contribution in [0.25, 0.3) is 0 Å². The van der Waals surface area contributed by atoms with E-state index in [0.29, 0.717) is 18.5 Å². The lowest BCUT2D eigenvalue weighted by molar-refractivity contribution is -0.0835. The van der Waals surface area contributed by atoms with Crippen molar-refractivity contribution < 1.29 is 4.74 Å². The third kappa shape index (κ3) is 2.83. The summed E-state index contributed by atoms with van der Waals surface area (Å²) in [4.78, 5) is 2.50. The Morgan fingerprint density at radius 2 is 2.06 bits per heavy atom. The van der Waals surface area contributed by atoms with Gasteiger partial charge in [0, 0.05) is 24.7 Å². The fourth-order valence-electron chi connectivity index (χ4n) is 2.85. The van der Waals surface area contributed by atoms with E-state index >= 15 is 0 Å². The third-order valence-electron chi connectivity index (χ3n) is 4.85. The van der Waals surface area contributed by atoms with E-state index < -0.39 is 0 Å². The molecule has 17 heavy (non-hydrogen) atoms. The molecule has 1 rings (SSSR count). The number of hydrogen-bond donors (Lipinski definition) is 1. The number of nitrogens with two attached hydrogens (primary N) is 1. The Labute approximate surface area is 107 Å². The molecule has 0 aromatic carbocycles. The molecule has 3 atom stereocenters. The molecule has 0 bridgehead atoms. The van der Waals surface area contributed by atoms with Gasteiger partial charge in [0.15, 0.2) is 0 Å². The van der Waals surface area contributed by atoms with E-state index in [4.69, 9.17) is 10.5 Å². The van der Waals surface area contributed by atoms with Crippen LogP contribution >= 0.6 is 0 Å². The second-order valence-corrected chi connectivity index (χ2v) is 6.69. The van der Waals surface area contributed by atoms with Crippen molar-refractivity contribution in [1.29, 1.82) is 0 Å². The zero-order valence-corrected chi connectivity index (χ0v) is 12.4. The number of nitrogens with zero attached hydrogens (tertiary/aromatic N) is 1. The Balaban J connectivity index is 2.92. The molecule has 0 amide bonds. The van der Waals surface area contributed by atoms with E-state index in [1.807, 2.05) is 0 Å². The molecule has 0 aliphatic carbocycles. The van der Waals surface area contributed by atoms with Crippen molar-refractivity contribution in [1.82, 2.24) is 4.90 Å². The smallest absolute Gasteiger partial charge is 0.0509 e. The summed E-state index contributed by atoms with van der Waals surface area (Å²) >= 11 is 0. The molecular formula is C14H30N2O. The predicted octanol–water partition coefficient (Wildman–Crippen LogP) is 2.11. The van der Waals surface area contributed by atoms with Gasteiger partial charge in [-0.25, -0.2) is 0 Å². The maximum atomic E-state index is 6.11. The van der Waals surface area contributed by atoms with E-state index in [1.165, 1.54) is 0 Å². The van der Waals surface area contributed by atoms with Gasteiger partial charge < -0.3 is 10.5 Å². The normalized spacial score (nSPS) is 32.8. The summed E-state index contributed by atoms with van der Waals surface area (Å²) in [5.41, 5.74) is 6.49. The summed E-state index contributed by atoms with van der Waals surface area (Å²) in [5, 5.41) is 0. The highest BCUT2D eigenvalue weighted by Crippen LogP contribution is 2.36. The van der Waals surface area contributed by atoms with Crippen LogP contribution in [-0.2, 0) is 4.74 Å². The van der Waals surface area contributed by atoms with Gasteiger partial charge in [0.1, 0.15) is 0 Å². The lowest BCUT2D eigenvalue weighted by Crippen LogP contribution is -2.64. The van der Waals surface area contributed by atoms with Crippen molar-refractivity contribution in [2.45, 2.75) is 52.6 Å². The van der Waals surface area contributed by atoms with Crippen LogP contribution in [0.5, 0.6) is 0 Å². The maximum Gasteiger partial charge on any atom is 0.0509 e. The minimum Gasteiger partial charge on any atom is -0.381 e. The standard InChI is InChI=1S/C14H30N2O/c1-11-9-17-8-7-14(11,10-15)16(6)12(2)13(3,4)5/h11-12H,7-10,15H2,1-6H3. The first-order valence-corrected chi connectivity index (χ1v) is 6.76. The van der Waals surface area contributed by atoms with Crippen LogP contribution in [0.3, 0.4) is 0 Å². The Hall–Kier alpha value is -0.120. The Morgan fingerprint density at radius 3 is 2.47 bits per heavy atom. The lowest BCUT2D eigenvalue weighted by Gasteiger charge is -2.53. The van der Waals surface area contributed by atoms with Gasteiger partial charge in [-0.2, -0.15) is 0 Å². The summed E-state index contributed by atoms with van der Waals surface area (Å²) in [5.74, 6) is 0.496. The lowest BCUT2D eigenvalue weighted by atomic mass is 9.76.